The molecule has 0 aliphatic heterocycles. The second-order valence-electron chi connectivity index (χ2n) is 6.03. The Kier molecular flexibility index (Phi) is 6.67. The SMILES string of the molecule is NCCCN(Cc1cccnc1)C(=O)CC1CCCCC1. The van der Waals surface area contributed by atoms with E-state index in [0.29, 0.717) is 25.4 Å². The summed E-state index contributed by atoms with van der Waals surface area (Å²) in [6, 6.07) is 3.94. The Balaban J connectivity index is 1.92. The molecular formula is C17H27N3O. The molecule has 1 aromatic rings. The fraction of sp³-hybridized carbons (Fsp3) is 0.647. The van der Waals surface area contributed by atoms with Crippen molar-refractivity contribution in [2.24, 2.45) is 11.7 Å². The Hall–Kier alpha value is -1.42. The van der Waals surface area contributed by atoms with E-state index >= 15 is 0 Å². The summed E-state index contributed by atoms with van der Waals surface area (Å²) >= 11 is 0. The van der Waals surface area contributed by atoms with Gasteiger partial charge in [-0.1, -0.05) is 25.3 Å². The molecule has 0 spiro atoms. The number of rotatable bonds is 7. The topological polar surface area (TPSA) is 59.2 Å². The molecule has 0 saturated heterocycles. The van der Waals surface area contributed by atoms with Crippen LogP contribution >= 0.6 is 0 Å². The van der Waals surface area contributed by atoms with Crippen molar-refractivity contribution in [1.82, 2.24) is 9.88 Å². The van der Waals surface area contributed by atoms with Crippen LogP contribution in [0.2, 0.25) is 0 Å². The number of carbonyl (C=O) groups excluding carboxylic acids is 1. The Morgan fingerprint density at radius 1 is 1.33 bits per heavy atom. The third-order valence-electron chi connectivity index (χ3n) is 4.27. The molecule has 0 aromatic carbocycles. The van der Waals surface area contributed by atoms with Crippen LogP contribution in [-0.2, 0) is 11.3 Å². The van der Waals surface area contributed by atoms with Gasteiger partial charge in [0.1, 0.15) is 0 Å². The maximum atomic E-state index is 12.6. The average molecular weight is 289 g/mol. The lowest BCUT2D eigenvalue weighted by molar-refractivity contribution is -0.133. The van der Waals surface area contributed by atoms with Gasteiger partial charge in [-0.15, -0.1) is 0 Å². The van der Waals surface area contributed by atoms with Gasteiger partial charge >= 0.3 is 0 Å². The average Bonchev–Trinajstić information content (AvgIpc) is 2.53. The van der Waals surface area contributed by atoms with Gasteiger partial charge in [-0.2, -0.15) is 0 Å². The first-order valence-corrected chi connectivity index (χ1v) is 8.16. The van der Waals surface area contributed by atoms with Crippen LogP contribution in [0.4, 0.5) is 0 Å². The number of pyridine rings is 1. The lowest BCUT2D eigenvalue weighted by atomic mass is 9.86. The second-order valence-corrected chi connectivity index (χ2v) is 6.03. The zero-order valence-electron chi connectivity index (χ0n) is 12.8. The number of carbonyl (C=O) groups is 1. The van der Waals surface area contributed by atoms with Gasteiger partial charge in [-0.3, -0.25) is 9.78 Å². The lowest BCUT2D eigenvalue weighted by Gasteiger charge is -2.27. The van der Waals surface area contributed by atoms with Crippen molar-refractivity contribution in [2.75, 3.05) is 13.1 Å². The van der Waals surface area contributed by atoms with Crippen molar-refractivity contribution in [3.05, 3.63) is 30.1 Å². The van der Waals surface area contributed by atoms with Gasteiger partial charge in [0.2, 0.25) is 5.91 Å². The molecule has 0 radical (unpaired) electrons. The number of nitrogens with two attached hydrogens (primary N) is 1. The number of nitrogens with zero attached hydrogens (tertiary/aromatic N) is 2. The molecule has 4 heteroatoms. The summed E-state index contributed by atoms with van der Waals surface area (Å²) in [4.78, 5) is 18.7. The van der Waals surface area contributed by atoms with Gasteiger partial charge in [-0.25, -0.2) is 0 Å². The number of aromatic nitrogens is 1. The molecule has 21 heavy (non-hydrogen) atoms. The smallest absolute Gasteiger partial charge is 0.223 e. The molecule has 4 nitrogen and oxygen atoms in total. The van der Waals surface area contributed by atoms with Crippen LogP contribution in [0.3, 0.4) is 0 Å². The molecule has 1 aliphatic rings. The Morgan fingerprint density at radius 3 is 2.81 bits per heavy atom. The Bertz CT molecular complexity index is 415. The second kappa shape index (κ2) is 8.78. The highest BCUT2D eigenvalue weighted by molar-refractivity contribution is 5.76. The molecule has 1 heterocycles. The zero-order chi connectivity index (χ0) is 14.9. The molecule has 1 saturated carbocycles. The molecule has 1 aromatic heterocycles. The molecular weight excluding hydrogens is 262 g/mol. The predicted molar refractivity (Wildman–Crippen MR) is 84.5 cm³/mol. The van der Waals surface area contributed by atoms with Gasteiger partial charge in [0.05, 0.1) is 0 Å². The number of hydrogen-bond donors (Lipinski definition) is 1. The van der Waals surface area contributed by atoms with E-state index in [1.165, 1.54) is 32.1 Å². The highest BCUT2D eigenvalue weighted by atomic mass is 16.2. The van der Waals surface area contributed by atoms with Gasteiger partial charge in [-0.05, 0) is 43.4 Å². The van der Waals surface area contributed by atoms with Crippen LogP contribution in [0, 0.1) is 5.92 Å². The maximum Gasteiger partial charge on any atom is 0.223 e. The first-order chi connectivity index (χ1) is 10.3. The molecule has 1 fully saturated rings. The van der Waals surface area contributed by atoms with Crippen LogP contribution in [0.1, 0.15) is 50.5 Å². The summed E-state index contributed by atoms with van der Waals surface area (Å²) in [6.07, 6.45) is 11.5. The molecule has 0 unspecified atom stereocenters. The molecule has 2 rings (SSSR count). The normalized spacial score (nSPS) is 15.9. The van der Waals surface area contributed by atoms with E-state index in [1.807, 2.05) is 23.2 Å². The number of hydrogen-bond acceptors (Lipinski definition) is 3. The summed E-state index contributed by atoms with van der Waals surface area (Å²) in [5, 5.41) is 0. The molecule has 0 atom stereocenters. The van der Waals surface area contributed by atoms with E-state index in [9.17, 15) is 4.79 Å². The molecule has 0 bridgehead atoms. The van der Waals surface area contributed by atoms with E-state index in [2.05, 4.69) is 4.98 Å². The molecule has 1 aliphatic carbocycles. The van der Waals surface area contributed by atoms with Gasteiger partial charge in [0.25, 0.3) is 0 Å². The molecule has 1 amide bonds. The van der Waals surface area contributed by atoms with Crippen molar-refractivity contribution in [1.29, 1.82) is 0 Å². The van der Waals surface area contributed by atoms with Crippen LogP contribution in [-0.4, -0.2) is 28.9 Å². The minimum atomic E-state index is 0.277. The first kappa shape index (κ1) is 16.0. The maximum absolute atomic E-state index is 12.6. The van der Waals surface area contributed by atoms with Crippen molar-refractivity contribution in [2.45, 2.75) is 51.5 Å². The van der Waals surface area contributed by atoms with E-state index in [4.69, 9.17) is 5.73 Å². The van der Waals surface area contributed by atoms with Crippen LogP contribution in [0.15, 0.2) is 24.5 Å². The monoisotopic (exact) mass is 289 g/mol. The summed E-state index contributed by atoms with van der Waals surface area (Å²) in [5.41, 5.74) is 6.69. The summed E-state index contributed by atoms with van der Waals surface area (Å²) in [7, 11) is 0. The zero-order valence-corrected chi connectivity index (χ0v) is 12.8. The van der Waals surface area contributed by atoms with E-state index in [0.717, 1.165) is 18.5 Å². The predicted octanol–water partition coefficient (Wildman–Crippen LogP) is 2.73. The Labute approximate surface area is 127 Å². The summed E-state index contributed by atoms with van der Waals surface area (Å²) in [5.74, 6) is 0.861. The minimum Gasteiger partial charge on any atom is -0.338 e. The largest absolute Gasteiger partial charge is 0.338 e. The highest BCUT2D eigenvalue weighted by Crippen LogP contribution is 2.27. The molecule has 2 N–H and O–H groups in total. The van der Waals surface area contributed by atoms with Gasteiger partial charge in [0, 0.05) is 31.9 Å². The number of amides is 1. The highest BCUT2D eigenvalue weighted by Gasteiger charge is 2.21. The van der Waals surface area contributed by atoms with Crippen molar-refractivity contribution in [3.8, 4) is 0 Å². The third-order valence-corrected chi connectivity index (χ3v) is 4.27. The third kappa shape index (κ3) is 5.46. The van der Waals surface area contributed by atoms with Crippen molar-refractivity contribution in [3.63, 3.8) is 0 Å². The quantitative estimate of drug-likeness (QED) is 0.839. The standard InChI is InChI=1S/C17H27N3O/c18-9-5-11-20(14-16-8-4-10-19-13-16)17(21)12-15-6-2-1-3-7-15/h4,8,10,13,15H,1-3,5-7,9,11-12,14,18H2. The van der Waals surface area contributed by atoms with Crippen LogP contribution < -0.4 is 5.73 Å². The Morgan fingerprint density at radius 2 is 2.14 bits per heavy atom. The van der Waals surface area contributed by atoms with E-state index < -0.39 is 0 Å². The van der Waals surface area contributed by atoms with Crippen LogP contribution in [0.5, 0.6) is 0 Å². The summed E-state index contributed by atoms with van der Waals surface area (Å²) < 4.78 is 0. The fourth-order valence-electron chi connectivity index (χ4n) is 3.05. The lowest BCUT2D eigenvalue weighted by Crippen LogP contribution is -2.34. The van der Waals surface area contributed by atoms with Gasteiger partial charge < -0.3 is 10.6 Å². The van der Waals surface area contributed by atoms with Crippen molar-refractivity contribution < 1.29 is 4.79 Å². The van der Waals surface area contributed by atoms with E-state index in [1.54, 1.807) is 6.20 Å². The van der Waals surface area contributed by atoms with Crippen molar-refractivity contribution >= 4 is 5.91 Å². The van der Waals surface area contributed by atoms with Gasteiger partial charge in [0.15, 0.2) is 0 Å². The molecule has 116 valence electrons. The van der Waals surface area contributed by atoms with E-state index in [-0.39, 0.29) is 5.91 Å². The van der Waals surface area contributed by atoms with Crippen LogP contribution in [0.25, 0.3) is 0 Å². The summed E-state index contributed by atoms with van der Waals surface area (Å²) in [6.45, 7) is 2.02. The minimum absolute atomic E-state index is 0.277. The first-order valence-electron chi connectivity index (χ1n) is 8.16. The fourth-order valence-corrected chi connectivity index (χ4v) is 3.05.